The molecule has 16 nitrogen and oxygen atoms in total. The molecule has 16 heteroatoms. The number of benzene rings is 2. The molecule has 7 N–H and O–H groups in total. The molecule has 3 aliphatic rings. The van der Waals surface area contributed by atoms with Crippen LogP contribution in [0, 0.1) is 5.92 Å². The van der Waals surface area contributed by atoms with Gasteiger partial charge in [0.05, 0.1) is 12.6 Å². The number of carbonyl (C=O) groups is 7. The minimum atomic E-state index is -1.48. The minimum absolute atomic E-state index is 0.0546. The van der Waals surface area contributed by atoms with Crippen molar-refractivity contribution in [2.45, 2.75) is 108 Å². The van der Waals surface area contributed by atoms with E-state index in [4.69, 9.17) is 0 Å². The topological polar surface area (TPSA) is 222 Å². The first-order valence-electron chi connectivity index (χ1n) is 20.2. The lowest BCUT2D eigenvalue weighted by Gasteiger charge is -2.31. The van der Waals surface area contributed by atoms with Gasteiger partial charge >= 0.3 is 0 Å². The van der Waals surface area contributed by atoms with Crippen molar-refractivity contribution in [3.05, 3.63) is 71.9 Å². The van der Waals surface area contributed by atoms with Gasteiger partial charge in [0, 0.05) is 43.0 Å². The van der Waals surface area contributed by atoms with Gasteiger partial charge in [-0.1, -0.05) is 62.4 Å². The van der Waals surface area contributed by atoms with Crippen LogP contribution in [0.4, 0.5) is 0 Å². The number of nitrogens with one attached hydrogen (secondary N) is 6. The maximum absolute atomic E-state index is 14.7. The van der Waals surface area contributed by atoms with Crippen molar-refractivity contribution in [3.8, 4) is 0 Å². The van der Waals surface area contributed by atoms with E-state index in [1.807, 2.05) is 68.4 Å². The Morgan fingerprint density at radius 1 is 0.672 bits per heavy atom. The predicted molar refractivity (Wildman–Crippen MR) is 213 cm³/mol. The van der Waals surface area contributed by atoms with Gasteiger partial charge in [-0.15, -0.1) is 0 Å². The standard InChI is InChI=1S/C42H54N8O8/c1-24(2)19-30-38(54)47-32(21-27-22-43-29-14-8-7-13-28(27)29)42(58)50-18-10-16-34(50)39(55)45-31(20-26-11-5-4-6-12-26)37(53)44-23-35(52)49-17-9-15-33(49)40(56)48-36(25(3)51)41(57)46-30/h4-8,11-14,22,24-25,30-34,36,43,51H,9-10,15-21,23H2,1-3H3,(H,44,53)(H,45,55)(H,46,57)(H,47,54)(H,48,56)/t25-,30+,31+,32?,33+,34+,36+/m1/s1. The summed E-state index contributed by atoms with van der Waals surface area (Å²) in [5, 5.41) is 25.2. The summed E-state index contributed by atoms with van der Waals surface area (Å²) < 4.78 is 0. The van der Waals surface area contributed by atoms with E-state index in [1.165, 1.54) is 16.7 Å². The number of fused-ring (bicyclic) bond motifs is 3. The fourth-order valence-corrected chi connectivity index (χ4v) is 8.17. The maximum Gasteiger partial charge on any atom is 0.246 e. The Morgan fingerprint density at radius 3 is 2.00 bits per heavy atom. The average Bonchev–Trinajstić information content (AvgIpc) is 3.98. The average molecular weight is 799 g/mol. The number of aromatic amines is 1. The molecule has 3 aromatic rings. The summed E-state index contributed by atoms with van der Waals surface area (Å²) in [4.78, 5) is 104. The van der Waals surface area contributed by atoms with Crippen LogP contribution in [0.15, 0.2) is 60.8 Å². The largest absolute Gasteiger partial charge is 0.391 e. The number of carbonyl (C=O) groups excluding carboxylic acids is 7. The molecule has 6 rings (SSSR count). The molecule has 0 saturated carbocycles. The zero-order chi connectivity index (χ0) is 41.5. The quantitative estimate of drug-likeness (QED) is 0.177. The number of amides is 7. The van der Waals surface area contributed by atoms with Crippen molar-refractivity contribution in [1.82, 2.24) is 41.4 Å². The van der Waals surface area contributed by atoms with E-state index in [-0.39, 0.29) is 44.7 Å². The summed E-state index contributed by atoms with van der Waals surface area (Å²) in [7, 11) is 0. The van der Waals surface area contributed by atoms with Gasteiger partial charge in [0.1, 0.15) is 36.3 Å². The lowest BCUT2D eigenvalue weighted by atomic mass is 9.99. The van der Waals surface area contributed by atoms with Gasteiger partial charge in [0.25, 0.3) is 0 Å². The number of aromatic nitrogens is 1. The van der Waals surface area contributed by atoms with E-state index < -0.39 is 90.3 Å². The number of H-pyrrole nitrogens is 1. The molecule has 7 amide bonds. The molecule has 3 saturated heterocycles. The molecule has 1 aromatic heterocycles. The summed E-state index contributed by atoms with van der Waals surface area (Å²) in [6, 6.07) is 9.72. The summed E-state index contributed by atoms with van der Waals surface area (Å²) in [6.45, 7) is 5.06. The second kappa shape index (κ2) is 18.7. The third-order valence-electron chi connectivity index (χ3n) is 11.2. The highest BCUT2D eigenvalue weighted by Crippen LogP contribution is 2.24. The SMILES string of the molecule is CC(C)C[C@@H]1NC(=O)[C@H]([C@@H](C)O)NC(=O)[C@@H]2CCCN2C(=O)CNC(=O)[C@H](Cc2ccccc2)NC(=O)[C@@H]2CCCN2C(=O)C(Cc2c[nH]c3ccccc23)NC1=O. The molecule has 3 aliphatic heterocycles. The number of rotatable bonds is 7. The third kappa shape index (κ3) is 9.84. The second-order valence-electron chi connectivity index (χ2n) is 15.9. The van der Waals surface area contributed by atoms with Gasteiger partial charge in [0.15, 0.2) is 0 Å². The number of nitrogens with zero attached hydrogens (tertiary/aromatic N) is 2. The molecule has 310 valence electrons. The lowest BCUT2D eigenvalue weighted by Crippen LogP contribution is -2.61. The van der Waals surface area contributed by atoms with E-state index >= 15 is 0 Å². The third-order valence-corrected chi connectivity index (χ3v) is 11.2. The molecular weight excluding hydrogens is 745 g/mol. The van der Waals surface area contributed by atoms with Gasteiger partial charge in [-0.2, -0.15) is 0 Å². The van der Waals surface area contributed by atoms with Crippen LogP contribution in [0.5, 0.6) is 0 Å². The van der Waals surface area contributed by atoms with Gasteiger partial charge in [0.2, 0.25) is 41.4 Å². The van der Waals surface area contributed by atoms with Crippen LogP contribution in [0.1, 0.15) is 64.0 Å². The predicted octanol–water partition coefficient (Wildman–Crippen LogP) is 0.431. The van der Waals surface area contributed by atoms with Crippen molar-refractivity contribution >= 4 is 52.3 Å². The van der Waals surface area contributed by atoms with Crippen molar-refractivity contribution < 1.29 is 38.7 Å². The molecule has 4 heterocycles. The first-order valence-corrected chi connectivity index (χ1v) is 20.2. The summed E-state index contributed by atoms with van der Waals surface area (Å²) >= 11 is 0. The van der Waals surface area contributed by atoms with Gasteiger partial charge in [-0.3, -0.25) is 33.6 Å². The Kier molecular flexibility index (Phi) is 13.5. The Bertz CT molecular complexity index is 2000. The summed E-state index contributed by atoms with van der Waals surface area (Å²) in [5.74, 6) is -4.48. The number of aliphatic hydroxyl groups excluding tert-OH is 1. The molecule has 7 atom stereocenters. The van der Waals surface area contributed by atoms with Crippen LogP contribution < -0.4 is 26.6 Å². The smallest absolute Gasteiger partial charge is 0.246 e. The van der Waals surface area contributed by atoms with Crippen LogP contribution >= 0.6 is 0 Å². The molecule has 2 aromatic carbocycles. The fraction of sp³-hybridized carbons (Fsp3) is 0.500. The van der Waals surface area contributed by atoms with Gasteiger partial charge in [-0.25, -0.2) is 0 Å². The maximum atomic E-state index is 14.7. The van der Waals surface area contributed by atoms with E-state index in [1.54, 1.807) is 6.20 Å². The molecule has 3 fully saturated rings. The second-order valence-corrected chi connectivity index (χ2v) is 15.9. The highest BCUT2D eigenvalue weighted by Gasteiger charge is 2.42. The van der Waals surface area contributed by atoms with Gasteiger partial charge in [-0.05, 0) is 62.1 Å². The minimum Gasteiger partial charge on any atom is -0.391 e. The molecule has 0 radical (unpaired) electrons. The Labute approximate surface area is 337 Å². The molecular formula is C42H54N8O8. The Balaban J connectivity index is 1.36. The highest BCUT2D eigenvalue weighted by atomic mass is 16.3. The number of aliphatic hydroxyl groups is 1. The Hall–Kier alpha value is -5.77. The first-order chi connectivity index (χ1) is 27.8. The van der Waals surface area contributed by atoms with Crippen LogP contribution in [-0.2, 0) is 46.4 Å². The lowest BCUT2D eigenvalue weighted by molar-refractivity contribution is -0.142. The first kappa shape index (κ1) is 41.9. The normalized spacial score (nSPS) is 26.3. The van der Waals surface area contributed by atoms with Crippen LogP contribution in [0.3, 0.4) is 0 Å². The molecule has 0 aliphatic carbocycles. The van der Waals surface area contributed by atoms with E-state index in [9.17, 15) is 38.7 Å². The zero-order valence-corrected chi connectivity index (χ0v) is 33.2. The van der Waals surface area contributed by atoms with Crippen molar-refractivity contribution in [2.75, 3.05) is 19.6 Å². The number of hydrogen-bond acceptors (Lipinski definition) is 8. The number of hydrogen-bond donors (Lipinski definition) is 7. The molecule has 0 spiro atoms. The highest BCUT2D eigenvalue weighted by molar-refractivity contribution is 5.99. The zero-order valence-electron chi connectivity index (χ0n) is 33.2. The molecule has 0 bridgehead atoms. The van der Waals surface area contributed by atoms with E-state index in [0.29, 0.717) is 19.3 Å². The fourth-order valence-electron chi connectivity index (χ4n) is 8.17. The summed E-state index contributed by atoms with van der Waals surface area (Å²) in [6.07, 6.45) is 2.29. The van der Waals surface area contributed by atoms with Crippen LogP contribution in [0.2, 0.25) is 0 Å². The summed E-state index contributed by atoms with van der Waals surface area (Å²) in [5.41, 5.74) is 2.33. The van der Waals surface area contributed by atoms with Crippen LogP contribution in [-0.4, -0.2) is 123 Å². The molecule has 58 heavy (non-hydrogen) atoms. The van der Waals surface area contributed by atoms with Gasteiger partial charge < -0.3 is 46.5 Å². The van der Waals surface area contributed by atoms with Crippen molar-refractivity contribution in [1.29, 1.82) is 0 Å². The number of para-hydroxylation sites is 1. The van der Waals surface area contributed by atoms with Crippen molar-refractivity contribution in [3.63, 3.8) is 0 Å². The van der Waals surface area contributed by atoms with E-state index in [2.05, 4.69) is 31.6 Å². The van der Waals surface area contributed by atoms with Crippen molar-refractivity contribution in [2.24, 2.45) is 5.92 Å². The van der Waals surface area contributed by atoms with E-state index in [0.717, 1.165) is 22.0 Å². The molecule has 1 unspecified atom stereocenters. The monoisotopic (exact) mass is 798 g/mol. The van der Waals surface area contributed by atoms with Crippen LogP contribution in [0.25, 0.3) is 10.9 Å². The Morgan fingerprint density at radius 2 is 1.29 bits per heavy atom.